The first-order valence-corrected chi connectivity index (χ1v) is 6.67. The molecule has 2 rings (SSSR count). The predicted octanol–water partition coefficient (Wildman–Crippen LogP) is 1.34. The fourth-order valence-electron chi connectivity index (χ4n) is 2.21. The zero-order chi connectivity index (χ0) is 15.4. The first-order chi connectivity index (χ1) is 10.0. The number of ether oxygens (including phenoxy) is 1. The van der Waals surface area contributed by atoms with Gasteiger partial charge in [-0.25, -0.2) is 4.98 Å². The number of nitrogens with two attached hydrogens (primary N) is 1. The third-order valence-corrected chi connectivity index (χ3v) is 3.34. The van der Waals surface area contributed by atoms with Gasteiger partial charge in [-0.1, -0.05) is 6.07 Å². The standard InChI is InChI=1S/C15H21N5O/c1-19(10-14-18-6-7-20(14)2)9-11-4-5-12(15(16)17)13(8-11)21-3/h4-8H,9-10H2,1-3H3,(H3,16,17). The fraction of sp³-hybridized carbons (Fsp3) is 0.333. The van der Waals surface area contributed by atoms with Gasteiger partial charge in [0.05, 0.1) is 19.2 Å². The monoisotopic (exact) mass is 287 g/mol. The summed E-state index contributed by atoms with van der Waals surface area (Å²) in [6.07, 6.45) is 3.74. The van der Waals surface area contributed by atoms with E-state index in [9.17, 15) is 0 Å². The molecule has 0 spiro atoms. The normalized spacial score (nSPS) is 10.9. The van der Waals surface area contributed by atoms with Crippen molar-refractivity contribution in [2.75, 3.05) is 14.2 Å². The molecule has 0 aliphatic heterocycles. The highest BCUT2D eigenvalue weighted by molar-refractivity contribution is 5.97. The first kappa shape index (κ1) is 15.1. The number of hydrogen-bond donors (Lipinski definition) is 2. The second kappa shape index (κ2) is 6.41. The van der Waals surface area contributed by atoms with Crippen LogP contribution in [0.1, 0.15) is 17.0 Å². The Bertz CT molecular complexity index is 635. The van der Waals surface area contributed by atoms with Crippen LogP contribution in [0.15, 0.2) is 30.6 Å². The largest absolute Gasteiger partial charge is 0.496 e. The van der Waals surface area contributed by atoms with Crippen LogP contribution in [0.3, 0.4) is 0 Å². The van der Waals surface area contributed by atoms with Gasteiger partial charge in [0.2, 0.25) is 0 Å². The van der Waals surface area contributed by atoms with E-state index in [1.807, 2.05) is 43.1 Å². The van der Waals surface area contributed by atoms with E-state index in [0.29, 0.717) is 11.3 Å². The summed E-state index contributed by atoms with van der Waals surface area (Å²) >= 11 is 0. The van der Waals surface area contributed by atoms with E-state index < -0.39 is 0 Å². The van der Waals surface area contributed by atoms with Gasteiger partial charge < -0.3 is 15.0 Å². The van der Waals surface area contributed by atoms with Crippen LogP contribution in [0.5, 0.6) is 5.75 Å². The Morgan fingerprint density at radius 1 is 1.43 bits per heavy atom. The van der Waals surface area contributed by atoms with Gasteiger partial charge in [0.15, 0.2) is 0 Å². The number of hydrogen-bond acceptors (Lipinski definition) is 4. The van der Waals surface area contributed by atoms with Gasteiger partial charge in [-0.2, -0.15) is 0 Å². The van der Waals surface area contributed by atoms with E-state index >= 15 is 0 Å². The highest BCUT2D eigenvalue weighted by Gasteiger charge is 2.10. The van der Waals surface area contributed by atoms with E-state index in [0.717, 1.165) is 24.5 Å². The molecule has 0 fully saturated rings. The van der Waals surface area contributed by atoms with Crippen LogP contribution in [0.4, 0.5) is 0 Å². The minimum Gasteiger partial charge on any atom is -0.496 e. The number of benzene rings is 1. The number of rotatable bonds is 6. The summed E-state index contributed by atoms with van der Waals surface area (Å²) in [5.41, 5.74) is 7.25. The molecule has 1 heterocycles. The van der Waals surface area contributed by atoms with Crippen LogP contribution in [0, 0.1) is 5.41 Å². The SMILES string of the molecule is COc1cc(CN(C)Cc2nccn2C)ccc1C(=N)N. The number of nitrogens with zero attached hydrogens (tertiary/aromatic N) is 3. The summed E-state index contributed by atoms with van der Waals surface area (Å²) in [4.78, 5) is 6.49. The van der Waals surface area contributed by atoms with Gasteiger partial charge in [0.1, 0.15) is 17.4 Å². The fourth-order valence-corrected chi connectivity index (χ4v) is 2.21. The smallest absolute Gasteiger partial charge is 0.130 e. The van der Waals surface area contributed by atoms with Crippen molar-refractivity contribution in [3.8, 4) is 5.75 Å². The lowest BCUT2D eigenvalue weighted by Crippen LogP contribution is -2.20. The third kappa shape index (κ3) is 3.61. The number of nitrogens with one attached hydrogen (secondary N) is 1. The Morgan fingerprint density at radius 3 is 2.76 bits per heavy atom. The van der Waals surface area contributed by atoms with Crippen molar-refractivity contribution in [3.05, 3.63) is 47.5 Å². The van der Waals surface area contributed by atoms with Crippen molar-refractivity contribution in [3.63, 3.8) is 0 Å². The molecule has 112 valence electrons. The molecular formula is C15H21N5O. The molecule has 0 amide bonds. The van der Waals surface area contributed by atoms with E-state index in [2.05, 4.69) is 9.88 Å². The van der Waals surface area contributed by atoms with Gasteiger partial charge in [-0.05, 0) is 24.7 Å². The lowest BCUT2D eigenvalue weighted by atomic mass is 10.1. The second-order valence-corrected chi connectivity index (χ2v) is 5.07. The molecule has 2 aromatic rings. The topological polar surface area (TPSA) is 80.2 Å². The molecule has 0 radical (unpaired) electrons. The molecule has 3 N–H and O–H groups in total. The van der Waals surface area contributed by atoms with Gasteiger partial charge in [0, 0.05) is 26.0 Å². The molecule has 0 atom stereocenters. The molecule has 0 aliphatic rings. The zero-order valence-corrected chi connectivity index (χ0v) is 12.6. The minimum absolute atomic E-state index is 0.0137. The predicted molar refractivity (Wildman–Crippen MR) is 82.4 cm³/mol. The number of amidine groups is 1. The van der Waals surface area contributed by atoms with Crippen molar-refractivity contribution in [2.45, 2.75) is 13.1 Å². The summed E-state index contributed by atoms with van der Waals surface area (Å²) in [6, 6.07) is 5.71. The van der Waals surface area contributed by atoms with Crippen LogP contribution in [0.2, 0.25) is 0 Å². The molecule has 0 unspecified atom stereocenters. The summed E-state index contributed by atoms with van der Waals surface area (Å²) in [5, 5.41) is 7.52. The average Bonchev–Trinajstić information content (AvgIpc) is 2.83. The van der Waals surface area contributed by atoms with Crippen LogP contribution in [-0.4, -0.2) is 34.4 Å². The average molecular weight is 287 g/mol. The molecule has 0 saturated heterocycles. The van der Waals surface area contributed by atoms with Crippen LogP contribution in [-0.2, 0) is 20.1 Å². The maximum absolute atomic E-state index is 7.52. The first-order valence-electron chi connectivity index (χ1n) is 6.67. The molecule has 0 aliphatic carbocycles. The van der Waals surface area contributed by atoms with Crippen LogP contribution in [0.25, 0.3) is 0 Å². The second-order valence-electron chi connectivity index (χ2n) is 5.07. The molecule has 6 nitrogen and oxygen atoms in total. The highest BCUT2D eigenvalue weighted by atomic mass is 16.5. The zero-order valence-electron chi connectivity index (χ0n) is 12.6. The number of aryl methyl sites for hydroxylation is 1. The van der Waals surface area contributed by atoms with Gasteiger partial charge >= 0.3 is 0 Å². The van der Waals surface area contributed by atoms with Crippen molar-refractivity contribution < 1.29 is 4.74 Å². The van der Waals surface area contributed by atoms with E-state index in [1.165, 1.54) is 0 Å². The number of aromatic nitrogens is 2. The Hall–Kier alpha value is -2.34. The quantitative estimate of drug-likeness (QED) is 0.621. The highest BCUT2D eigenvalue weighted by Crippen LogP contribution is 2.20. The minimum atomic E-state index is 0.0137. The lowest BCUT2D eigenvalue weighted by molar-refractivity contribution is 0.306. The summed E-state index contributed by atoms with van der Waals surface area (Å²) in [7, 11) is 5.62. The molecule has 6 heteroatoms. The Morgan fingerprint density at radius 2 is 2.19 bits per heavy atom. The number of nitrogen functional groups attached to an aromatic ring is 1. The summed E-state index contributed by atoms with van der Waals surface area (Å²) in [5.74, 6) is 1.66. The number of methoxy groups -OCH3 is 1. The molecule has 0 bridgehead atoms. The van der Waals surface area contributed by atoms with E-state index in [1.54, 1.807) is 13.3 Å². The molecule has 0 saturated carbocycles. The van der Waals surface area contributed by atoms with Gasteiger partial charge in [-0.15, -0.1) is 0 Å². The molecule has 1 aromatic carbocycles. The lowest BCUT2D eigenvalue weighted by Gasteiger charge is -2.17. The number of imidazole rings is 1. The van der Waals surface area contributed by atoms with Crippen molar-refractivity contribution in [1.29, 1.82) is 5.41 Å². The third-order valence-electron chi connectivity index (χ3n) is 3.34. The van der Waals surface area contributed by atoms with Crippen LogP contribution >= 0.6 is 0 Å². The van der Waals surface area contributed by atoms with E-state index in [4.69, 9.17) is 15.9 Å². The summed E-state index contributed by atoms with van der Waals surface area (Å²) in [6.45, 7) is 1.53. The Balaban J connectivity index is 2.09. The van der Waals surface area contributed by atoms with Gasteiger partial charge in [-0.3, -0.25) is 10.3 Å². The van der Waals surface area contributed by atoms with Crippen molar-refractivity contribution in [1.82, 2.24) is 14.5 Å². The Labute approximate surface area is 124 Å². The van der Waals surface area contributed by atoms with Gasteiger partial charge in [0.25, 0.3) is 0 Å². The molecule has 21 heavy (non-hydrogen) atoms. The van der Waals surface area contributed by atoms with Crippen molar-refractivity contribution >= 4 is 5.84 Å². The van der Waals surface area contributed by atoms with Crippen molar-refractivity contribution in [2.24, 2.45) is 12.8 Å². The maximum atomic E-state index is 7.52. The molecule has 1 aromatic heterocycles. The molecular weight excluding hydrogens is 266 g/mol. The van der Waals surface area contributed by atoms with Crippen LogP contribution < -0.4 is 10.5 Å². The Kier molecular flexibility index (Phi) is 4.59. The van der Waals surface area contributed by atoms with E-state index in [-0.39, 0.29) is 5.84 Å². The maximum Gasteiger partial charge on any atom is 0.130 e. The summed E-state index contributed by atoms with van der Waals surface area (Å²) < 4.78 is 7.31.